The summed E-state index contributed by atoms with van der Waals surface area (Å²) in [4.78, 5) is 10.4. The van der Waals surface area contributed by atoms with Gasteiger partial charge in [-0.2, -0.15) is 5.26 Å². The molecule has 1 aromatic carbocycles. The summed E-state index contributed by atoms with van der Waals surface area (Å²) in [6.45, 7) is 0.747. The van der Waals surface area contributed by atoms with Gasteiger partial charge in [0.1, 0.15) is 23.4 Å². The SMILES string of the molecule is N#Cc1ccnc(N2CCC[C@@H]2Cc2cc(F)ccc2F)n1. The minimum Gasteiger partial charge on any atom is -0.337 e. The summed E-state index contributed by atoms with van der Waals surface area (Å²) >= 11 is 0. The highest BCUT2D eigenvalue weighted by atomic mass is 19.1. The van der Waals surface area contributed by atoms with Crippen LogP contribution in [-0.4, -0.2) is 22.6 Å². The average molecular weight is 300 g/mol. The molecular weight excluding hydrogens is 286 g/mol. The summed E-state index contributed by atoms with van der Waals surface area (Å²) in [5.41, 5.74) is 0.654. The quantitative estimate of drug-likeness (QED) is 0.874. The Kier molecular flexibility index (Phi) is 3.96. The lowest BCUT2D eigenvalue weighted by atomic mass is 10.0. The fourth-order valence-corrected chi connectivity index (χ4v) is 2.81. The van der Waals surface area contributed by atoms with Gasteiger partial charge in [-0.1, -0.05) is 0 Å². The van der Waals surface area contributed by atoms with E-state index in [1.165, 1.54) is 6.07 Å². The second-order valence-electron chi connectivity index (χ2n) is 5.28. The van der Waals surface area contributed by atoms with Gasteiger partial charge in [-0.25, -0.2) is 18.7 Å². The minimum absolute atomic E-state index is 0.00485. The number of rotatable bonds is 3. The number of nitrogens with zero attached hydrogens (tertiary/aromatic N) is 4. The van der Waals surface area contributed by atoms with Crippen LogP contribution in [0.15, 0.2) is 30.5 Å². The van der Waals surface area contributed by atoms with Crippen molar-refractivity contribution in [2.75, 3.05) is 11.4 Å². The van der Waals surface area contributed by atoms with Crippen molar-refractivity contribution >= 4 is 5.95 Å². The third-order valence-corrected chi connectivity index (χ3v) is 3.85. The topological polar surface area (TPSA) is 52.8 Å². The Bertz CT molecular complexity index is 726. The van der Waals surface area contributed by atoms with Crippen LogP contribution in [-0.2, 0) is 6.42 Å². The fourth-order valence-electron chi connectivity index (χ4n) is 2.81. The van der Waals surface area contributed by atoms with Gasteiger partial charge in [0.15, 0.2) is 0 Å². The first-order valence-corrected chi connectivity index (χ1v) is 7.11. The highest BCUT2D eigenvalue weighted by molar-refractivity contribution is 5.37. The molecule has 0 unspecified atom stereocenters. The smallest absolute Gasteiger partial charge is 0.226 e. The summed E-state index contributed by atoms with van der Waals surface area (Å²) in [6.07, 6.45) is 3.72. The zero-order valence-corrected chi connectivity index (χ0v) is 11.8. The molecule has 0 N–H and O–H groups in total. The van der Waals surface area contributed by atoms with E-state index in [9.17, 15) is 8.78 Å². The Morgan fingerprint density at radius 1 is 1.32 bits per heavy atom. The largest absolute Gasteiger partial charge is 0.337 e. The molecule has 0 amide bonds. The third-order valence-electron chi connectivity index (χ3n) is 3.85. The van der Waals surface area contributed by atoms with Crippen molar-refractivity contribution in [3.8, 4) is 6.07 Å². The van der Waals surface area contributed by atoms with Gasteiger partial charge in [0.2, 0.25) is 5.95 Å². The predicted molar refractivity (Wildman–Crippen MR) is 77.2 cm³/mol. The fraction of sp³-hybridized carbons (Fsp3) is 0.312. The zero-order chi connectivity index (χ0) is 15.5. The molecule has 1 aliphatic rings. The molecule has 4 nitrogen and oxygen atoms in total. The van der Waals surface area contributed by atoms with Crippen molar-refractivity contribution in [3.63, 3.8) is 0 Å². The van der Waals surface area contributed by atoms with Crippen LogP contribution >= 0.6 is 0 Å². The van der Waals surface area contributed by atoms with E-state index in [4.69, 9.17) is 5.26 Å². The van der Waals surface area contributed by atoms with E-state index in [1.54, 1.807) is 12.3 Å². The molecule has 0 spiro atoms. The van der Waals surface area contributed by atoms with E-state index >= 15 is 0 Å². The molecule has 1 aliphatic heterocycles. The van der Waals surface area contributed by atoms with E-state index in [-0.39, 0.29) is 6.04 Å². The average Bonchev–Trinajstić information content (AvgIpc) is 2.99. The maximum Gasteiger partial charge on any atom is 0.226 e. The van der Waals surface area contributed by atoms with Gasteiger partial charge in [-0.3, -0.25) is 0 Å². The van der Waals surface area contributed by atoms with Crippen LogP contribution < -0.4 is 4.90 Å². The summed E-state index contributed by atoms with van der Waals surface area (Å²) in [5, 5.41) is 8.92. The first kappa shape index (κ1) is 14.4. The number of hydrogen-bond donors (Lipinski definition) is 0. The highest BCUT2D eigenvalue weighted by Gasteiger charge is 2.27. The minimum atomic E-state index is -0.441. The standard InChI is InChI=1S/C16H14F2N4/c17-12-3-4-15(18)11(8-12)9-14-2-1-7-22(14)16-20-6-5-13(10-19)21-16/h3-6,8,14H,1-2,7,9H2/t14-/m1/s1. The van der Waals surface area contributed by atoms with Crippen molar-refractivity contribution in [3.05, 3.63) is 53.4 Å². The van der Waals surface area contributed by atoms with E-state index in [0.717, 1.165) is 31.5 Å². The Morgan fingerprint density at radius 2 is 2.18 bits per heavy atom. The van der Waals surface area contributed by atoms with Gasteiger partial charge in [-0.05, 0) is 49.1 Å². The molecule has 0 radical (unpaired) electrons. The molecule has 0 saturated carbocycles. The summed E-state index contributed by atoms with van der Waals surface area (Å²) in [7, 11) is 0. The van der Waals surface area contributed by atoms with Crippen LogP contribution in [0, 0.1) is 23.0 Å². The number of hydrogen-bond acceptors (Lipinski definition) is 4. The van der Waals surface area contributed by atoms with Gasteiger partial charge in [-0.15, -0.1) is 0 Å². The summed E-state index contributed by atoms with van der Waals surface area (Å²) in [6, 6.07) is 7.03. The molecule has 22 heavy (non-hydrogen) atoms. The maximum atomic E-state index is 13.8. The number of benzene rings is 1. The molecule has 112 valence electrons. The van der Waals surface area contributed by atoms with Crippen LogP contribution in [0.5, 0.6) is 0 Å². The Labute approximate surface area is 127 Å². The number of aromatic nitrogens is 2. The summed E-state index contributed by atoms with van der Waals surface area (Å²) < 4.78 is 27.1. The Balaban J connectivity index is 1.84. The van der Waals surface area contributed by atoms with Gasteiger partial charge in [0.05, 0.1) is 0 Å². The number of halogens is 2. The summed E-state index contributed by atoms with van der Waals surface area (Å²) in [5.74, 6) is -0.373. The van der Waals surface area contributed by atoms with Crippen molar-refractivity contribution in [1.29, 1.82) is 5.26 Å². The maximum absolute atomic E-state index is 13.8. The van der Waals surface area contributed by atoms with Crippen LogP contribution in [0.4, 0.5) is 14.7 Å². The third kappa shape index (κ3) is 2.89. The Morgan fingerprint density at radius 3 is 3.00 bits per heavy atom. The van der Waals surface area contributed by atoms with E-state index < -0.39 is 11.6 Å². The monoisotopic (exact) mass is 300 g/mol. The Hall–Kier alpha value is -2.55. The molecule has 6 heteroatoms. The molecule has 1 saturated heterocycles. The van der Waals surface area contributed by atoms with Crippen LogP contribution in [0.1, 0.15) is 24.1 Å². The van der Waals surface area contributed by atoms with Gasteiger partial charge >= 0.3 is 0 Å². The van der Waals surface area contributed by atoms with Crippen LogP contribution in [0.3, 0.4) is 0 Å². The van der Waals surface area contributed by atoms with Gasteiger partial charge in [0.25, 0.3) is 0 Å². The predicted octanol–water partition coefficient (Wildman–Crippen LogP) is 2.84. The zero-order valence-electron chi connectivity index (χ0n) is 11.8. The molecule has 3 rings (SSSR count). The number of nitriles is 1. The lowest BCUT2D eigenvalue weighted by Gasteiger charge is -2.24. The molecular formula is C16H14F2N4. The normalized spacial score (nSPS) is 17.5. The van der Waals surface area contributed by atoms with Crippen molar-refractivity contribution in [2.24, 2.45) is 0 Å². The molecule has 1 atom stereocenters. The molecule has 1 aromatic heterocycles. The molecule has 0 aliphatic carbocycles. The van der Waals surface area contributed by atoms with Crippen molar-refractivity contribution in [1.82, 2.24) is 9.97 Å². The first-order valence-electron chi connectivity index (χ1n) is 7.11. The van der Waals surface area contributed by atoms with Gasteiger partial charge < -0.3 is 4.90 Å². The van der Waals surface area contributed by atoms with Crippen molar-refractivity contribution in [2.45, 2.75) is 25.3 Å². The molecule has 1 fully saturated rings. The molecule has 0 bridgehead atoms. The van der Waals surface area contributed by atoms with Crippen molar-refractivity contribution < 1.29 is 8.78 Å². The van der Waals surface area contributed by atoms with E-state index in [2.05, 4.69) is 9.97 Å². The second-order valence-corrected chi connectivity index (χ2v) is 5.28. The van der Waals surface area contributed by atoms with Gasteiger partial charge in [0, 0.05) is 18.8 Å². The van der Waals surface area contributed by atoms with E-state index in [1.807, 2.05) is 11.0 Å². The molecule has 2 aromatic rings. The molecule has 2 heterocycles. The highest BCUT2D eigenvalue weighted by Crippen LogP contribution is 2.26. The van der Waals surface area contributed by atoms with Crippen LogP contribution in [0.2, 0.25) is 0 Å². The van der Waals surface area contributed by atoms with Crippen LogP contribution in [0.25, 0.3) is 0 Å². The lowest BCUT2D eigenvalue weighted by Crippen LogP contribution is -2.32. The second kappa shape index (κ2) is 6.06. The first-order chi connectivity index (χ1) is 10.7. The van der Waals surface area contributed by atoms with E-state index in [0.29, 0.717) is 23.6 Å². The lowest BCUT2D eigenvalue weighted by molar-refractivity contribution is 0.564. The number of anilines is 1.